The predicted octanol–water partition coefficient (Wildman–Crippen LogP) is 1.73. The zero-order valence-corrected chi connectivity index (χ0v) is 16.8. The third-order valence-electron chi connectivity index (χ3n) is 4.16. The van der Waals surface area contributed by atoms with E-state index < -0.39 is 66.3 Å². The molecular formula is C18H16O10S2. The fourth-order valence-electron chi connectivity index (χ4n) is 2.56. The maximum atomic E-state index is 12.3. The summed E-state index contributed by atoms with van der Waals surface area (Å²) < 4.78 is 61.9. The molecule has 3 N–H and O–H groups in total. The van der Waals surface area contributed by atoms with E-state index in [1.807, 2.05) is 0 Å². The molecule has 0 aliphatic rings. The molecule has 0 spiro atoms. The zero-order valence-electron chi connectivity index (χ0n) is 15.1. The average molecular weight is 456 g/mol. The summed E-state index contributed by atoms with van der Waals surface area (Å²) >= 11 is 0. The monoisotopic (exact) mass is 456 g/mol. The van der Waals surface area contributed by atoms with Crippen LogP contribution in [0.2, 0.25) is 0 Å². The first-order valence-electron chi connectivity index (χ1n) is 8.23. The molecule has 0 radical (unpaired) electrons. The Hall–Kier alpha value is -2.93. The summed E-state index contributed by atoms with van der Waals surface area (Å²) in [6.45, 7) is 0. The lowest BCUT2D eigenvalue weighted by molar-refractivity contribution is -0.141. The van der Waals surface area contributed by atoms with Crippen molar-refractivity contribution in [1.82, 2.24) is 0 Å². The molecule has 30 heavy (non-hydrogen) atoms. The van der Waals surface area contributed by atoms with E-state index in [0.717, 1.165) is 48.5 Å². The van der Waals surface area contributed by atoms with Gasteiger partial charge in [0.2, 0.25) is 0 Å². The minimum absolute atomic E-state index is 0.00129. The highest BCUT2D eigenvalue weighted by atomic mass is 32.2. The standard InChI is InChI=1S/C18H16O10S2/c19-16(11-1-5-14(6-2-11)29(23,24)25)9-13(18(21)22)10-17(20)12-3-7-15(8-4-12)30(26,27)28/h1-8,13H,9-10H2,(H,21,22)(H,23,24,25)(H,26,27,28). The van der Waals surface area contributed by atoms with Crippen LogP contribution < -0.4 is 0 Å². The van der Waals surface area contributed by atoms with Gasteiger partial charge in [0, 0.05) is 24.0 Å². The van der Waals surface area contributed by atoms with Gasteiger partial charge in [0.1, 0.15) is 0 Å². The van der Waals surface area contributed by atoms with Gasteiger partial charge in [-0.05, 0) is 24.3 Å². The van der Waals surface area contributed by atoms with Crippen LogP contribution in [0.3, 0.4) is 0 Å². The van der Waals surface area contributed by atoms with E-state index in [2.05, 4.69) is 0 Å². The number of carboxylic acid groups (broad SMARTS) is 1. The van der Waals surface area contributed by atoms with E-state index in [4.69, 9.17) is 9.11 Å². The number of hydrogen-bond donors (Lipinski definition) is 3. The van der Waals surface area contributed by atoms with E-state index in [0.29, 0.717) is 0 Å². The molecular weight excluding hydrogens is 440 g/mol. The van der Waals surface area contributed by atoms with Gasteiger partial charge in [-0.2, -0.15) is 16.8 Å². The van der Waals surface area contributed by atoms with Crippen molar-refractivity contribution in [2.24, 2.45) is 5.92 Å². The lowest BCUT2D eigenvalue weighted by Gasteiger charge is -2.11. The summed E-state index contributed by atoms with van der Waals surface area (Å²) in [5.74, 6) is -4.09. The Bertz CT molecular complexity index is 1090. The number of aliphatic carboxylic acids is 1. The number of Topliss-reactive ketones (excluding diaryl/α,β-unsaturated/α-hetero) is 2. The molecule has 2 aromatic carbocycles. The summed E-state index contributed by atoms with van der Waals surface area (Å²) in [7, 11) is -8.89. The highest BCUT2D eigenvalue weighted by molar-refractivity contribution is 7.86. The quantitative estimate of drug-likeness (QED) is 0.371. The maximum absolute atomic E-state index is 12.3. The lowest BCUT2D eigenvalue weighted by Crippen LogP contribution is -2.21. The number of rotatable bonds is 9. The van der Waals surface area contributed by atoms with Gasteiger partial charge in [0.05, 0.1) is 15.7 Å². The Morgan fingerprint density at radius 3 is 1.20 bits per heavy atom. The number of benzene rings is 2. The van der Waals surface area contributed by atoms with Gasteiger partial charge in [-0.3, -0.25) is 23.5 Å². The largest absolute Gasteiger partial charge is 0.481 e. The fraction of sp³-hybridized carbons (Fsp3) is 0.167. The normalized spacial score (nSPS) is 12.0. The molecule has 0 aliphatic carbocycles. The molecule has 0 aliphatic heterocycles. The zero-order chi connectivity index (χ0) is 22.7. The molecule has 0 fully saturated rings. The van der Waals surface area contributed by atoms with Crippen LogP contribution in [0, 0.1) is 5.92 Å². The summed E-state index contributed by atoms with van der Waals surface area (Å²) in [6, 6.07) is 8.39. The van der Waals surface area contributed by atoms with E-state index in [9.17, 15) is 36.3 Å². The maximum Gasteiger partial charge on any atom is 0.307 e. The molecule has 0 amide bonds. The first-order valence-corrected chi connectivity index (χ1v) is 11.1. The molecule has 0 heterocycles. The van der Waals surface area contributed by atoms with Gasteiger partial charge >= 0.3 is 5.97 Å². The van der Waals surface area contributed by atoms with Gasteiger partial charge in [-0.15, -0.1) is 0 Å². The van der Waals surface area contributed by atoms with Gasteiger partial charge in [0.25, 0.3) is 20.2 Å². The first-order chi connectivity index (χ1) is 13.8. The second-order valence-electron chi connectivity index (χ2n) is 6.29. The van der Waals surface area contributed by atoms with Gasteiger partial charge in [-0.1, -0.05) is 24.3 Å². The highest BCUT2D eigenvalue weighted by Gasteiger charge is 2.26. The fourth-order valence-corrected chi connectivity index (χ4v) is 3.52. The SMILES string of the molecule is O=C(CC(CC(=O)c1ccc(S(=O)(=O)O)cc1)C(=O)O)c1ccc(S(=O)(=O)O)cc1. The third-order valence-corrected chi connectivity index (χ3v) is 5.90. The van der Waals surface area contributed by atoms with Gasteiger partial charge < -0.3 is 5.11 Å². The van der Waals surface area contributed by atoms with Crippen LogP contribution in [-0.2, 0) is 25.0 Å². The summed E-state index contributed by atoms with van der Waals surface area (Å²) in [5.41, 5.74) is -0.00258. The van der Waals surface area contributed by atoms with E-state index in [1.165, 1.54) is 0 Å². The smallest absolute Gasteiger partial charge is 0.307 e. The molecule has 2 aromatic rings. The predicted molar refractivity (Wildman–Crippen MR) is 102 cm³/mol. The minimum atomic E-state index is -4.44. The molecule has 0 saturated carbocycles. The molecule has 12 heteroatoms. The van der Waals surface area contributed by atoms with Crippen molar-refractivity contribution in [3.63, 3.8) is 0 Å². The first kappa shape index (κ1) is 23.3. The van der Waals surface area contributed by atoms with Crippen LogP contribution in [-0.4, -0.2) is 48.6 Å². The number of carbonyl (C=O) groups excluding carboxylic acids is 2. The molecule has 0 bridgehead atoms. The Morgan fingerprint density at radius 2 is 0.967 bits per heavy atom. The highest BCUT2D eigenvalue weighted by Crippen LogP contribution is 2.19. The lowest BCUT2D eigenvalue weighted by atomic mass is 9.92. The second-order valence-corrected chi connectivity index (χ2v) is 9.13. The van der Waals surface area contributed by atoms with Crippen molar-refractivity contribution in [2.45, 2.75) is 22.6 Å². The molecule has 2 rings (SSSR count). The number of hydrogen-bond acceptors (Lipinski definition) is 7. The summed E-state index contributed by atoms with van der Waals surface area (Å²) in [4.78, 5) is 35.2. The molecule has 0 unspecified atom stereocenters. The van der Waals surface area contributed by atoms with Gasteiger partial charge in [0.15, 0.2) is 11.6 Å². The second kappa shape index (κ2) is 8.83. The van der Waals surface area contributed by atoms with E-state index in [-0.39, 0.29) is 11.1 Å². The molecule has 0 saturated heterocycles. The van der Waals surface area contributed by atoms with Crippen LogP contribution in [0.4, 0.5) is 0 Å². The topological polar surface area (TPSA) is 180 Å². The van der Waals surface area contributed by atoms with E-state index in [1.54, 1.807) is 0 Å². The molecule has 0 aromatic heterocycles. The number of ketones is 2. The molecule has 0 atom stereocenters. The Balaban J connectivity index is 2.13. The van der Waals surface area contributed by atoms with Crippen molar-refractivity contribution in [1.29, 1.82) is 0 Å². The summed E-state index contributed by atoms with van der Waals surface area (Å²) in [6.07, 6.45) is -1.09. The Labute approximate surface area is 171 Å². The van der Waals surface area contributed by atoms with E-state index >= 15 is 0 Å². The Morgan fingerprint density at radius 1 is 0.667 bits per heavy atom. The average Bonchev–Trinajstić information content (AvgIpc) is 2.66. The van der Waals surface area contributed by atoms with Crippen molar-refractivity contribution in [2.75, 3.05) is 0 Å². The van der Waals surface area contributed by atoms with Crippen LogP contribution in [0.15, 0.2) is 58.3 Å². The summed E-state index contributed by atoms with van der Waals surface area (Å²) in [5, 5.41) is 9.34. The van der Waals surface area contributed by atoms with Crippen molar-refractivity contribution < 1.29 is 45.4 Å². The van der Waals surface area contributed by atoms with Crippen molar-refractivity contribution in [3.05, 3.63) is 59.7 Å². The third kappa shape index (κ3) is 6.03. The van der Waals surface area contributed by atoms with Gasteiger partial charge in [-0.25, -0.2) is 0 Å². The number of carboxylic acids is 1. The Kier molecular flexibility index (Phi) is 6.87. The van der Waals surface area contributed by atoms with Crippen molar-refractivity contribution >= 4 is 37.8 Å². The molecule has 10 nitrogen and oxygen atoms in total. The number of carbonyl (C=O) groups is 3. The molecule has 160 valence electrons. The minimum Gasteiger partial charge on any atom is -0.481 e. The van der Waals surface area contributed by atoms with Crippen LogP contribution in [0.1, 0.15) is 33.6 Å². The van der Waals surface area contributed by atoms with Crippen LogP contribution >= 0.6 is 0 Å². The van der Waals surface area contributed by atoms with Crippen molar-refractivity contribution in [3.8, 4) is 0 Å². The van der Waals surface area contributed by atoms with Crippen LogP contribution in [0.5, 0.6) is 0 Å². The van der Waals surface area contributed by atoms with Crippen LogP contribution in [0.25, 0.3) is 0 Å².